The molecule has 2 aliphatic heterocycles. The van der Waals surface area contributed by atoms with Crippen molar-refractivity contribution in [3.63, 3.8) is 0 Å². The van der Waals surface area contributed by atoms with E-state index in [0.717, 1.165) is 26.1 Å². The SMILES string of the molecule is CCN(CC1CCCCN1)C(=O)C1COC(C)C1. The third-order valence-corrected chi connectivity index (χ3v) is 4.09. The van der Waals surface area contributed by atoms with Crippen molar-refractivity contribution in [1.82, 2.24) is 10.2 Å². The average Bonchev–Trinajstić information content (AvgIpc) is 2.83. The van der Waals surface area contributed by atoms with Crippen LogP contribution in [-0.2, 0) is 9.53 Å². The molecule has 2 fully saturated rings. The Bertz CT molecular complexity index is 277. The number of amides is 1. The van der Waals surface area contributed by atoms with Crippen LogP contribution in [0.1, 0.15) is 39.5 Å². The third kappa shape index (κ3) is 3.45. The Hall–Kier alpha value is -0.610. The number of carbonyl (C=O) groups is 1. The molecule has 0 spiro atoms. The van der Waals surface area contributed by atoms with E-state index < -0.39 is 0 Å². The monoisotopic (exact) mass is 254 g/mol. The first kappa shape index (κ1) is 13.8. The molecule has 18 heavy (non-hydrogen) atoms. The number of likely N-dealkylation sites (N-methyl/N-ethyl adjacent to an activating group) is 1. The molecule has 1 N–H and O–H groups in total. The molecular weight excluding hydrogens is 228 g/mol. The fourth-order valence-electron chi connectivity index (χ4n) is 2.97. The zero-order valence-corrected chi connectivity index (χ0v) is 11.7. The van der Waals surface area contributed by atoms with Gasteiger partial charge in [0.15, 0.2) is 0 Å². The molecule has 0 aliphatic carbocycles. The predicted molar refractivity (Wildman–Crippen MR) is 71.4 cm³/mol. The lowest BCUT2D eigenvalue weighted by molar-refractivity contribution is -0.135. The minimum atomic E-state index is 0.0866. The van der Waals surface area contributed by atoms with Gasteiger partial charge in [0, 0.05) is 19.1 Å². The molecule has 2 saturated heterocycles. The van der Waals surface area contributed by atoms with Crippen molar-refractivity contribution >= 4 is 5.91 Å². The van der Waals surface area contributed by atoms with E-state index >= 15 is 0 Å². The van der Waals surface area contributed by atoms with E-state index in [4.69, 9.17) is 4.74 Å². The molecule has 0 aromatic rings. The number of rotatable bonds is 4. The largest absolute Gasteiger partial charge is 0.378 e. The van der Waals surface area contributed by atoms with Crippen molar-refractivity contribution in [2.24, 2.45) is 5.92 Å². The van der Waals surface area contributed by atoms with E-state index in [9.17, 15) is 4.79 Å². The average molecular weight is 254 g/mol. The molecule has 0 bridgehead atoms. The molecule has 2 heterocycles. The van der Waals surface area contributed by atoms with Crippen LogP contribution in [0, 0.1) is 5.92 Å². The summed E-state index contributed by atoms with van der Waals surface area (Å²) in [4.78, 5) is 14.4. The van der Waals surface area contributed by atoms with E-state index in [1.807, 2.05) is 11.8 Å². The van der Waals surface area contributed by atoms with Gasteiger partial charge in [0.05, 0.1) is 18.6 Å². The molecule has 3 atom stereocenters. The molecule has 1 amide bonds. The van der Waals surface area contributed by atoms with Crippen LogP contribution in [-0.4, -0.2) is 49.2 Å². The highest BCUT2D eigenvalue weighted by atomic mass is 16.5. The quantitative estimate of drug-likeness (QED) is 0.824. The van der Waals surface area contributed by atoms with Gasteiger partial charge in [-0.1, -0.05) is 6.42 Å². The first-order valence-corrected chi connectivity index (χ1v) is 7.34. The van der Waals surface area contributed by atoms with Gasteiger partial charge in [-0.3, -0.25) is 4.79 Å². The van der Waals surface area contributed by atoms with Gasteiger partial charge in [0.1, 0.15) is 0 Å². The zero-order valence-electron chi connectivity index (χ0n) is 11.7. The smallest absolute Gasteiger partial charge is 0.228 e. The number of nitrogens with one attached hydrogen (secondary N) is 1. The van der Waals surface area contributed by atoms with Crippen LogP contribution in [0.5, 0.6) is 0 Å². The highest BCUT2D eigenvalue weighted by Crippen LogP contribution is 2.21. The summed E-state index contributed by atoms with van der Waals surface area (Å²) in [5, 5.41) is 3.51. The van der Waals surface area contributed by atoms with Crippen LogP contribution < -0.4 is 5.32 Å². The summed E-state index contributed by atoms with van der Waals surface area (Å²) >= 11 is 0. The molecule has 0 saturated carbocycles. The molecule has 3 unspecified atom stereocenters. The minimum absolute atomic E-state index is 0.0866. The van der Waals surface area contributed by atoms with E-state index in [1.54, 1.807) is 0 Å². The maximum Gasteiger partial charge on any atom is 0.228 e. The number of carbonyl (C=O) groups excluding carboxylic acids is 1. The third-order valence-electron chi connectivity index (χ3n) is 4.09. The van der Waals surface area contributed by atoms with Crippen molar-refractivity contribution in [1.29, 1.82) is 0 Å². The first-order valence-electron chi connectivity index (χ1n) is 7.34. The molecule has 0 aromatic carbocycles. The van der Waals surface area contributed by atoms with Crippen molar-refractivity contribution in [2.75, 3.05) is 26.2 Å². The fourth-order valence-corrected chi connectivity index (χ4v) is 2.97. The van der Waals surface area contributed by atoms with Gasteiger partial charge >= 0.3 is 0 Å². The van der Waals surface area contributed by atoms with Crippen molar-refractivity contribution in [2.45, 2.75) is 51.7 Å². The summed E-state index contributed by atoms with van der Waals surface area (Å²) in [6.07, 6.45) is 4.87. The summed E-state index contributed by atoms with van der Waals surface area (Å²) in [7, 11) is 0. The molecule has 2 rings (SSSR count). The summed E-state index contributed by atoms with van der Waals surface area (Å²) < 4.78 is 5.51. The molecule has 104 valence electrons. The molecule has 0 radical (unpaired) electrons. The first-order chi connectivity index (χ1) is 8.70. The van der Waals surface area contributed by atoms with Gasteiger partial charge < -0.3 is 15.0 Å². The number of hydrogen-bond acceptors (Lipinski definition) is 3. The second-order valence-corrected chi connectivity index (χ2v) is 5.60. The van der Waals surface area contributed by atoms with Crippen molar-refractivity contribution in [3.8, 4) is 0 Å². The number of piperidine rings is 1. The molecule has 0 aromatic heterocycles. The van der Waals surface area contributed by atoms with E-state index in [-0.39, 0.29) is 17.9 Å². The lowest BCUT2D eigenvalue weighted by Gasteiger charge is -2.31. The highest BCUT2D eigenvalue weighted by molar-refractivity contribution is 5.79. The van der Waals surface area contributed by atoms with Crippen LogP contribution in [0.3, 0.4) is 0 Å². The lowest BCUT2D eigenvalue weighted by Crippen LogP contribution is -2.47. The van der Waals surface area contributed by atoms with E-state index in [2.05, 4.69) is 12.2 Å². The Kier molecular flexibility index (Phi) is 5.01. The second-order valence-electron chi connectivity index (χ2n) is 5.60. The van der Waals surface area contributed by atoms with Crippen molar-refractivity contribution in [3.05, 3.63) is 0 Å². The van der Waals surface area contributed by atoms with Gasteiger partial charge in [-0.05, 0) is 39.7 Å². The Morgan fingerprint density at radius 1 is 1.44 bits per heavy atom. The van der Waals surface area contributed by atoms with Crippen LogP contribution in [0.2, 0.25) is 0 Å². The maximum absolute atomic E-state index is 12.4. The van der Waals surface area contributed by atoms with Crippen LogP contribution in [0.15, 0.2) is 0 Å². The summed E-state index contributed by atoms with van der Waals surface area (Å²) in [5.74, 6) is 0.373. The van der Waals surface area contributed by atoms with E-state index in [0.29, 0.717) is 12.6 Å². The Morgan fingerprint density at radius 3 is 2.83 bits per heavy atom. The summed E-state index contributed by atoms with van der Waals surface area (Å²) in [6.45, 7) is 7.49. The normalized spacial score (nSPS) is 32.4. The maximum atomic E-state index is 12.4. The van der Waals surface area contributed by atoms with Crippen molar-refractivity contribution < 1.29 is 9.53 Å². The molecule has 2 aliphatic rings. The van der Waals surface area contributed by atoms with Crippen LogP contribution in [0.25, 0.3) is 0 Å². The lowest BCUT2D eigenvalue weighted by atomic mass is 10.0. The Labute approximate surface area is 110 Å². The summed E-state index contributed by atoms with van der Waals surface area (Å²) in [6, 6.07) is 0.488. The topological polar surface area (TPSA) is 41.6 Å². The van der Waals surface area contributed by atoms with Gasteiger partial charge in [0.25, 0.3) is 0 Å². The number of hydrogen-bond donors (Lipinski definition) is 1. The van der Waals surface area contributed by atoms with Gasteiger partial charge in [0.2, 0.25) is 5.91 Å². The minimum Gasteiger partial charge on any atom is -0.378 e. The second kappa shape index (κ2) is 6.53. The summed E-state index contributed by atoms with van der Waals surface area (Å²) in [5.41, 5.74) is 0. The highest BCUT2D eigenvalue weighted by Gasteiger charge is 2.31. The number of ether oxygens (including phenoxy) is 1. The van der Waals surface area contributed by atoms with Crippen LogP contribution in [0.4, 0.5) is 0 Å². The fraction of sp³-hybridized carbons (Fsp3) is 0.929. The van der Waals surface area contributed by atoms with Crippen LogP contribution >= 0.6 is 0 Å². The van der Waals surface area contributed by atoms with Gasteiger partial charge in [-0.25, -0.2) is 0 Å². The number of nitrogens with zero attached hydrogens (tertiary/aromatic N) is 1. The molecule has 4 heteroatoms. The van der Waals surface area contributed by atoms with Gasteiger partial charge in [-0.2, -0.15) is 0 Å². The predicted octanol–water partition coefficient (Wildman–Crippen LogP) is 1.40. The molecular formula is C14H26N2O2. The Balaban J connectivity index is 1.85. The standard InChI is InChI=1S/C14H26N2O2/c1-3-16(9-13-6-4-5-7-15-13)14(17)12-8-11(2)18-10-12/h11-13,15H,3-10H2,1-2H3. The van der Waals surface area contributed by atoms with E-state index in [1.165, 1.54) is 19.3 Å². The zero-order chi connectivity index (χ0) is 13.0. The Morgan fingerprint density at radius 2 is 2.28 bits per heavy atom. The molecule has 4 nitrogen and oxygen atoms in total. The van der Waals surface area contributed by atoms with Gasteiger partial charge in [-0.15, -0.1) is 0 Å².